The van der Waals surface area contributed by atoms with Crippen LogP contribution in [0.1, 0.15) is 38.8 Å². The highest BCUT2D eigenvalue weighted by molar-refractivity contribution is 6.30. The lowest BCUT2D eigenvalue weighted by atomic mass is 10.1. The van der Waals surface area contributed by atoms with Crippen LogP contribution in [0, 0.1) is 0 Å². The maximum Gasteiger partial charge on any atom is 0.0409 e. The van der Waals surface area contributed by atoms with Crippen molar-refractivity contribution < 1.29 is 0 Å². The van der Waals surface area contributed by atoms with E-state index in [1.807, 2.05) is 18.2 Å². The molecule has 102 valence electrons. The molecule has 18 heavy (non-hydrogen) atoms. The van der Waals surface area contributed by atoms with E-state index < -0.39 is 0 Å². The molecule has 1 unspecified atom stereocenters. The van der Waals surface area contributed by atoms with Gasteiger partial charge in [-0.3, -0.25) is 0 Å². The van der Waals surface area contributed by atoms with E-state index in [4.69, 9.17) is 11.6 Å². The summed E-state index contributed by atoms with van der Waals surface area (Å²) < 4.78 is 0. The van der Waals surface area contributed by atoms with E-state index in [1.165, 1.54) is 18.5 Å². The minimum atomic E-state index is 0.351. The number of nitrogens with zero attached hydrogens (tertiary/aromatic N) is 1. The Bertz CT molecular complexity index is 341. The van der Waals surface area contributed by atoms with Gasteiger partial charge in [-0.2, -0.15) is 0 Å². The smallest absolute Gasteiger partial charge is 0.0409 e. The highest BCUT2D eigenvalue weighted by atomic mass is 35.5. The van der Waals surface area contributed by atoms with Crippen LogP contribution in [0.25, 0.3) is 0 Å². The Morgan fingerprint density at radius 1 is 1.28 bits per heavy atom. The third-order valence-electron chi connectivity index (χ3n) is 3.21. The van der Waals surface area contributed by atoms with Crippen molar-refractivity contribution in [3.63, 3.8) is 0 Å². The van der Waals surface area contributed by atoms with Crippen LogP contribution >= 0.6 is 11.6 Å². The van der Waals surface area contributed by atoms with Crippen LogP contribution in [0.4, 0.5) is 0 Å². The van der Waals surface area contributed by atoms with E-state index in [1.54, 1.807) is 0 Å². The molecule has 0 saturated carbocycles. The Morgan fingerprint density at radius 3 is 2.67 bits per heavy atom. The standard InChI is InChI=1S/C15H25ClN2/c1-4-10-18(5-2)11-9-17-13(3)14-7-6-8-15(16)12-14/h6-8,12-13,17H,4-5,9-11H2,1-3H3. The van der Waals surface area contributed by atoms with Gasteiger partial charge in [0.25, 0.3) is 0 Å². The summed E-state index contributed by atoms with van der Waals surface area (Å²) in [4.78, 5) is 2.47. The van der Waals surface area contributed by atoms with Crippen molar-refractivity contribution >= 4 is 11.6 Å². The monoisotopic (exact) mass is 268 g/mol. The lowest BCUT2D eigenvalue weighted by molar-refractivity contribution is 0.284. The molecule has 0 aliphatic rings. The molecule has 2 nitrogen and oxygen atoms in total. The Kier molecular flexibility index (Phi) is 7.33. The number of benzene rings is 1. The Hall–Kier alpha value is -0.570. The molecular weight excluding hydrogens is 244 g/mol. The summed E-state index contributed by atoms with van der Waals surface area (Å²) >= 11 is 6.00. The quantitative estimate of drug-likeness (QED) is 0.773. The Morgan fingerprint density at radius 2 is 2.06 bits per heavy atom. The second-order valence-electron chi connectivity index (χ2n) is 4.67. The molecule has 0 saturated heterocycles. The first kappa shape index (κ1) is 15.5. The lowest BCUT2D eigenvalue weighted by Gasteiger charge is -2.21. The molecule has 0 bridgehead atoms. The van der Waals surface area contributed by atoms with Crippen LogP contribution in [-0.4, -0.2) is 31.1 Å². The molecule has 0 aliphatic heterocycles. The molecule has 0 aliphatic carbocycles. The van der Waals surface area contributed by atoms with E-state index in [9.17, 15) is 0 Å². The van der Waals surface area contributed by atoms with Gasteiger partial charge in [-0.15, -0.1) is 0 Å². The van der Waals surface area contributed by atoms with Crippen molar-refractivity contribution in [3.05, 3.63) is 34.9 Å². The van der Waals surface area contributed by atoms with Gasteiger partial charge in [0, 0.05) is 24.2 Å². The van der Waals surface area contributed by atoms with Crippen molar-refractivity contribution in [2.24, 2.45) is 0 Å². The molecule has 0 radical (unpaired) electrons. The first-order chi connectivity index (χ1) is 8.67. The highest BCUT2D eigenvalue weighted by Gasteiger charge is 2.06. The Labute approximate surface area is 116 Å². The van der Waals surface area contributed by atoms with Crippen molar-refractivity contribution in [3.8, 4) is 0 Å². The average molecular weight is 269 g/mol. The number of hydrogen-bond acceptors (Lipinski definition) is 2. The maximum absolute atomic E-state index is 6.00. The van der Waals surface area contributed by atoms with Crippen LogP contribution in [0.15, 0.2) is 24.3 Å². The van der Waals surface area contributed by atoms with E-state index in [0.717, 1.165) is 24.7 Å². The van der Waals surface area contributed by atoms with E-state index in [0.29, 0.717) is 6.04 Å². The minimum Gasteiger partial charge on any atom is -0.309 e. The van der Waals surface area contributed by atoms with Crippen molar-refractivity contribution in [1.29, 1.82) is 0 Å². The fourth-order valence-corrected chi connectivity index (χ4v) is 2.28. The van der Waals surface area contributed by atoms with Crippen LogP contribution in [0.5, 0.6) is 0 Å². The number of hydrogen-bond donors (Lipinski definition) is 1. The number of nitrogens with one attached hydrogen (secondary N) is 1. The van der Waals surface area contributed by atoms with Gasteiger partial charge in [-0.1, -0.05) is 37.6 Å². The van der Waals surface area contributed by atoms with Gasteiger partial charge in [0.05, 0.1) is 0 Å². The molecule has 1 aromatic carbocycles. The molecular formula is C15H25ClN2. The number of rotatable bonds is 8. The second kappa shape index (κ2) is 8.52. The molecule has 0 amide bonds. The van der Waals surface area contributed by atoms with Gasteiger partial charge in [-0.25, -0.2) is 0 Å². The molecule has 1 rings (SSSR count). The third kappa shape index (κ3) is 5.38. The molecule has 0 spiro atoms. The van der Waals surface area contributed by atoms with E-state index in [2.05, 4.69) is 37.1 Å². The van der Waals surface area contributed by atoms with Gasteiger partial charge in [0.15, 0.2) is 0 Å². The van der Waals surface area contributed by atoms with Crippen molar-refractivity contribution in [2.75, 3.05) is 26.2 Å². The summed E-state index contributed by atoms with van der Waals surface area (Å²) in [5.41, 5.74) is 1.25. The normalized spacial score (nSPS) is 12.9. The fraction of sp³-hybridized carbons (Fsp3) is 0.600. The van der Waals surface area contributed by atoms with Crippen molar-refractivity contribution in [1.82, 2.24) is 10.2 Å². The molecule has 1 atom stereocenters. The van der Waals surface area contributed by atoms with Gasteiger partial charge in [0.2, 0.25) is 0 Å². The summed E-state index contributed by atoms with van der Waals surface area (Å²) in [7, 11) is 0. The maximum atomic E-state index is 6.00. The molecule has 1 N–H and O–H groups in total. The minimum absolute atomic E-state index is 0.351. The van der Waals surface area contributed by atoms with Gasteiger partial charge < -0.3 is 10.2 Å². The predicted octanol–water partition coefficient (Wildman–Crippen LogP) is 3.72. The van der Waals surface area contributed by atoms with Crippen LogP contribution in [0.2, 0.25) is 5.02 Å². The topological polar surface area (TPSA) is 15.3 Å². The van der Waals surface area contributed by atoms with Crippen LogP contribution in [0.3, 0.4) is 0 Å². The average Bonchev–Trinajstić information content (AvgIpc) is 2.37. The fourth-order valence-electron chi connectivity index (χ4n) is 2.08. The largest absolute Gasteiger partial charge is 0.309 e. The summed E-state index contributed by atoms with van der Waals surface area (Å²) in [6.45, 7) is 11.1. The van der Waals surface area contributed by atoms with Gasteiger partial charge in [-0.05, 0) is 44.1 Å². The first-order valence-electron chi connectivity index (χ1n) is 6.88. The lowest BCUT2D eigenvalue weighted by Crippen LogP contribution is -2.33. The van der Waals surface area contributed by atoms with E-state index >= 15 is 0 Å². The zero-order chi connectivity index (χ0) is 13.4. The first-order valence-corrected chi connectivity index (χ1v) is 7.26. The van der Waals surface area contributed by atoms with Crippen LogP contribution < -0.4 is 5.32 Å². The zero-order valence-corrected chi connectivity index (χ0v) is 12.5. The number of halogens is 1. The van der Waals surface area contributed by atoms with Crippen molar-refractivity contribution in [2.45, 2.75) is 33.2 Å². The number of likely N-dealkylation sites (N-methyl/N-ethyl adjacent to an activating group) is 1. The highest BCUT2D eigenvalue weighted by Crippen LogP contribution is 2.16. The molecule has 0 fully saturated rings. The summed E-state index contributed by atoms with van der Waals surface area (Å²) in [5.74, 6) is 0. The van der Waals surface area contributed by atoms with Gasteiger partial charge in [0.1, 0.15) is 0 Å². The summed E-state index contributed by atoms with van der Waals surface area (Å²) in [6.07, 6.45) is 1.22. The van der Waals surface area contributed by atoms with Gasteiger partial charge >= 0.3 is 0 Å². The molecule has 3 heteroatoms. The zero-order valence-electron chi connectivity index (χ0n) is 11.7. The molecule has 1 aromatic rings. The SMILES string of the molecule is CCCN(CC)CCNC(C)c1cccc(Cl)c1. The Balaban J connectivity index is 2.34. The summed E-state index contributed by atoms with van der Waals surface area (Å²) in [6, 6.07) is 8.42. The molecule has 0 heterocycles. The van der Waals surface area contributed by atoms with Crippen LogP contribution in [-0.2, 0) is 0 Å². The molecule has 0 aromatic heterocycles. The van der Waals surface area contributed by atoms with E-state index in [-0.39, 0.29) is 0 Å². The predicted molar refractivity (Wildman–Crippen MR) is 80.3 cm³/mol. The summed E-state index contributed by atoms with van der Waals surface area (Å²) in [5, 5.41) is 4.36. The third-order valence-corrected chi connectivity index (χ3v) is 3.45. The second-order valence-corrected chi connectivity index (χ2v) is 5.10.